The van der Waals surface area contributed by atoms with Crippen LogP contribution in [0.25, 0.3) is 10.9 Å². The minimum atomic E-state index is -2.43. The number of aliphatic hydroxyl groups is 3. The van der Waals surface area contributed by atoms with Crippen molar-refractivity contribution in [3.05, 3.63) is 35.2 Å². The predicted octanol–water partition coefficient (Wildman–Crippen LogP) is -4.90. The van der Waals surface area contributed by atoms with E-state index in [0.717, 1.165) is 4.90 Å². The lowest BCUT2D eigenvalue weighted by Crippen LogP contribution is -2.61. The number of nitrogens with zero attached hydrogens (tertiary/aromatic N) is 1. The number of aromatic amines is 1. The molecule has 2 unspecified atom stereocenters. The maximum atomic E-state index is 15.4. The normalized spacial score (nSPS) is 23.0. The van der Waals surface area contributed by atoms with Crippen LogP contribution in [0.1, 0.15) is 77.3 Å². The third-order valence-electron chi connectivity index (χ3n) is 16.7. The highest BCUT2D eigenvalue weighted by molar-refractivity contribution is 7.98. The van der Waals surface area contributed by atoms with Crippen LogP contribution in [-0.4, -0.2) is 272 Å². The van der Waals surface area contributed by atoms with E-state index in [-0.39, 0.29) is 55.7 Å². The monoisotopic (exact) mass is 1450 g/mol. The van der Waals surface area contributed by atoms with Crippen LogP contribution in [0.5, 0.6) is 5.75 Å². The number of carbonyl (C=O) groups is 11. The van der Waals surface area contributed by atoms with Crippen molar-refractivity contribution >= 4 is 98.5 Å². The number of hydrogen-bond acceptors (Lipinski definition) is 24. The van der Waals surface area contributed by atoms with Crippen LogP contribution < -0.4 is 64.1 Å². The number of carbonyl (C=O) groups excluding carboxylic acids is 10. The number of rotatable bonds is 35. The van der Waals surface area contributed by atoms with Gasteiger partial charge >= 0.3 is 5.97 Å². The van der Waals surface area contributed by atoms with Gasteiger partial charge in [-0.15, -0.1) is 0 Å². The number of fused-ring (bicyclic) bond motifs is 5. The van der Waals surface area contributed by atoms with Crippen molar-refractivity contribution in [2.24, 2.45) is 29.2 Å². The van der Waals surface area contributed by atoms with Crippen molar-refractivity contribution in [1.82, 2.24) is 57.7 Å². The molecular formula is C63H99N13O22S2. The van der Waals surface area contributed by atoms with E-state index >= 15 is 4.21 Å². The maximum Gasteiger partial charge on any atom is 0.306 e. The molecule has 3 aliphatic heterocycles. The first kappa shape index (κ1) is 82.9. The molecule has 2 aromatic rings. The third-order valence-corrected chi connectivity index (χ3v) is 19.1. The second-order valence-electron chi connectivity index (χ2n) is 24.3. The molecule has 3 aliphatic rings. The number of primary amides is 1. The summed E-state index contributed by atoms with van der Waals surface area (Å²) in [6, 6.07) is -6.49. The largest absolute Gasteiger partial charge is 0.496 e. The maximum absolute atomic E-state index is 15.4. The molecule has 0 spiro atoms. The lowest BCUT2D eigenvalue weighted by molar-refractivity contribution is -0.143. The number of aliphatic hydroxyl groups excluding tert-OH is 3. The number of nitrogens with one attached hydrogen (secondary N) is 10. The fraction of sp³-hybridized carbons (Fsp3) is 0.667. The number of benzene rings is 1. The van der Waals surface area contributed by atoms with Gasteiger partial charge in [-0.3, -0.25) is 56.9 Å². The van der Waals surface area contributed by atoms with Gasteiger partial charge in [-0.1, -0.05) is 34.1 Å². The van der Waals surface area contributed by atoms with Gasteiger partial charge in [0.25, 0.3) is 0 Å². The Kier molecular flexibility index (Phi) is 35.8. The minimum Gasteiger partial charge on any atom is -0.496 e. The van der Waals surface area contributed by atoms with E-state index in [1.165, 1.54) is 38.9 Å². The van der Waals surface area contributed by atoms with Crippen molar-refractivity contribution in [1.29, 1.82) is 0 Å². The smallest absolute Gasteiger partial charge is 0.306 e. The number of hydrogen-bond donors (Lipinski definition) is 16. The molecule has 4 heterocycles. The van der Waals surface area contributed by atoms with Gasteiger partial charge in [0, 0.05) is 92.0 Å². The molecule has 12 atom stereocenters. The molecule has 1 saturated heterocycles. The summed E-state index contributed by atoms with van der Waals surface area (Å²) in [6.45, 7) is 7.38. The number of carboxylic acid groups (broad SMARTS) is 1. The van der Waals surface area contributed by atoms with Gasteiger partial charge in [0.05, 0.1) is 133 Å². The molecule has 1 aromatic carbocycles. The zero-order valence-corrected chi connectivity index (χ0v) is 58.7. The van der Waals surface area contributed by atoms with Gasteiger partial charge in [-0.05, 0) is 30.0 Å². The number of aromatic nitrogens is 1. The van der Waals surface area contributed by atoms with Gasteiger partial charge in [-0.25, -0.2) is 0 Å². The van der Waals surface area contributed by atoms with E-state index in [1.807, 2.05) is 0 Å². The first-order chi connectivity index (χ1) is 47.8. The first-order valence-corrected chi connectivity index (χ1v) is 35.6. The van der Waals surface area contributed by atoms with Crippen LogP contribution >= 0.6 is 11.8 Å². The van der Waals surface area contributed by atoms with E-state index in [0.29, 0.717) is 92.9 Å². The van der Waals surface area contributed by atoms with E-state index in [9.17, 15) is 68.1 Å². The quantitative estimate of drug-likeness (QED) is 0.0288. The summed E-state index contributed by atoms with van der Waals surface area (Å²) < 4.78 is 49.4. The van der Waals surface area contributed by atoms with Crippen molar-refractivity contribution in [2.45, 2.75) is 132 Å². The number of ether oxygens (including phenoxy) is 6. The Bertz CT molecular complexity index is 3160. The Hall–Kier alpha value is -7.75. The first-order valence-electron chi connectivity index (χ1n) is 33.1. The van der Waals surface area contributed by atoms with Crippen LogP contribution in [0.2, 0.25) is 0 Å². The van der Waals surface area contributed by atoms with Crippen LogP contribution in [0.15, 0.2) is 29.1 Å². The van der Waals surface area contributed by atoms with E-state index in [2.05, 4.69) is 52.8 Å². The van der Waals surface area contributed by atoms with E-state index in [1.54, 1.807) is 26.0 Å². The molecule has 37 heteroatoms. The standard InChI is InChI=1S/C63H99N13O22S2/c1-6-35(2)53-59(87)69-30-52(83)70-45-34-100(92)61-41(27-44(56(84)67-12-11-50(81)73-53)72-60(88)54(37(4)47(79)32-77)74-58(86)46-26-39(78)31-76(46)62(89)43(71-57(45)85)8-10-49(65)80)40-7-9-48(93-5)42(55(40)75-61)33-99-24-23-98-22-21-97-20-19-96-18-17-95-16-15-94-14-13-66-28-38(64)29-68-51(82)25-36(3)63(90)91/h7,9,28,35-37,39,43-47,53-54,66,75,77-79H,6,8,10-27,29-34,64H2,1-5H3,(H2,65,80)(H,67,84)(H,68,82)(H,69,87)(H,70,83)(H,71,85)(H,72,88)(H,73,81)(H,74,86)(H,90,91)/b38-28-/t35-,36?,37-,39+,43-,44-,45+,46-,47-,53-,54-,100?/m0/s1. The number of carboxylic acids is 1. The lowest BCUT2D eigenvalue weighted by Gasteiger charge is -2.33. The summed E-state index contributed by atoms with van der Waals surface area (Å²) in [6.07, 6.45) is -3.51. The summed E-state index contributed by atoms with van der Waals surface area (Å²) in [5, 5.41) is 64.9. The van der Waals surface area contributed by atoms with Crippen LogP contribution in [0.4, 0.5) is 0 Å². The average molecular weight is 1450 g/mol. The number of aliphatic carboxylic acids is 1. The van der Waals surface area contributed by atoms with Gasteiger partial charge in [0.15, 0.2) is 0 Å². The number of amides is 10. The highest BCUT2D eigenvalue weighted by Gasteiger charge is 2.45. The topological polar surface area (TPSA) is 520 Å². The molecule has 100 heavy (non-hydrogen) atoms. The summed E-state index contributed by atoms with van der Waals surface area (Å²) >= 11 is 1.44. The van der Waals surface area contributed by atoms with Crippen molar-refractivity contribution < 1.29 is 106 Å². The summed E-state index contributed by atoms with van der Waals surface area (Å²) in [5.74, 6) is -12.3. The molecule has 35 nitrogen and oxygen atoms in total. The molecule has 560 valence electrons. The van der Waals surface area contributed by atoms with Crippen molar-refractivity contribution in [2.75, 3.05) is 124 Å². The number of nitrogens with two attached hydrogens (primary N) is 2. The lowest BCUT2D eigenvalue weighted by atomic mass is 9.93. The zero-order chi connectivity index (χ0) is 73.4. The molecular weight excluding hydrogens is 1350 g/mol. The van der Waals surface area contributed by atoms with Gasteiger partial charge in [0.2, 0.25) is 59.1 Å². The zero-order valence-electron chi connectivity index (χ0n) is 57.0. The molecule has 2 bridgehead atoms. The summed E-state index contributed by atoms with van der Waals surface area (Å²) in [4.78, 5) is 154. The Morgan fingerprint density at radius 3 is 2.09 bits per heavy atom. The van der Waals surface area contributed by atoms with Gasteiger partial charge < -0.3 is 118 Å². The van der Waals surface area contributed by atoms with Crippen LogP contribution in [0, 0.1) is 17.8 Å². The fourth-order valence-electron chi connectivity index (χ4n) is 10.7. The molecule has 5 rings (SSSR count). The molecule has 10 amide bonds. The molecule has 0 saturated carbocycles. The SMILES string of the molecule is CC[C@H](C)[C@@H]1NC(=O)CCNC(=O)[C@@H]2Cc3c([nH]c4c(CSCCOCCOCCOCCOCCOCCN/C=C(\N)CNC(=O)CC(C)C(=O)O)c(OC)ccc34)S(=O)C[C@@H](NC(=O)CNC1=O)C(=O)N[C@@H](CCC(N)=O)C(=O)N1C[C@H](O)C[C@H]1C(=O)N[C@@H]([C@@H](C)[C@@H](O)CO)C(=O)N2. The molecule has 1 fully saturated rings. The number of methoxy groups -OCH3 is 1. The second-order valence-corrected chi connectivity index (χ2v) is 26.8. The van der Waals surface area contributed by atoms with Crippen molar-refractivity contribution in [3.63, 3.8) is 0 Å². The van der Waals surface area contributed by atoms with E-state index < -0.39 is 200 Å². The van der Waals surface area contributed by atoms with Crippen LogP contribution in [0.3, 0.4) is 0 Å². The van der Waals surface area contributed by atoms with E-state index in [4.69, 9.17) is 45.0 Å². The fourth-order valence-corrected chi connectivity index (χ4v) is 13.0. The highest BCUT2D eigenvalue weighted by atomic mass is 32.2. The number of thioether (sulfide) groups is 1. The Balaban J connectivity index is 1.33. The minimum absolute atomic E-state index is 0.0698. The van der Waals surface area contributed by atoms with Crippen LogP contribution in [-0.2, 0) is 99.4 Å². The Morgan fingerprint density at radius 2 is 1.46 bits per heavy atom. The highest BCUT2D eigenvalue weighted by Crippen LogP contribution is 2.36. The molecule has 18 N–H and O–H groups in total. The third kappa shape index (κ3) is 26.6. The van der Waals surface area contributed by atoms with Crippen molar-refractivity contribution in [3.8, 4) is 5.75 Å². The average Bonchev–Trinajstić information content (AvgIpc) is 1.61. The van der Waals surface area contributed by atoms with Gasteiger partial charge in [-0.2, -0.15) is 11.8 Å². The molecule has 0 radical (unpaired) electrons. The Morgan fingerprint density at radius 1 is 0.800 bits per heavy atom. The summed E-state index contributed by atoms with van der Waals surface area (Å²) in [5.41, 5.74) is 12.8. The number of H-pyrrole nitrogens is 1. The second kappa shape index (κ2) is 43.1. The predicted molar refractivity (Wildman–Crippen MR) is 361 cm³/mol. The van der Waals surface area contributed by atoms with Gasteiger partial charge in [0.1, 0.15) is 47.0 Å². The Labute approximate surface area is 585 Å². The molecule has 1 aromatic heterocycles. The molecule has 0 aliphatic carbocycles. The summed E-state index contributed by atoms with van der Waals surface area (Å²) in [7, 11) is -0.989.